The van der Waals surface area contributed by atoms with Gasteiger partial charge in [0, 0.05) is 11.8 Å². The molecule has 0 spiro atoms. The van der Waals surface area contributed by atoms with Gasteiger partial charge >= 0.3 is 0 Å². The normalized spacial score (nSPS) is 10.5. The van der Waals surface area contributed by atoms with E-state index in [1.165, 1.54) is 0 Å². The van der Waals surface area contributed by atoms with Crippen LogP contribution in [0.1, 0.15) is 40.0 Å². The molecule has 0 fully saturated rings. The number of nitrogens with two attached hydrogens (primary N) is 1. The molecule has 1 nitrogen and oxygen atoms in total. The van der Waals surface area contributed by atoms with Gasteiger partial charge in [0.15, 0.2) is 0 Å². The van der Waals surface area contributed by atoms with Crippen molar-refractivity contribution in [2.75, 3.05) is 6.54 Å². The molecule has 0 amide bonds. The molecular formula is C10H19N. The lowest BCUT2D eigenvalue weighted by Crippen LogP contribution is -1.99. The molecule has 1 heteroatoms. The average Bonchev–Trinajstić information content (AvgIpc) is 1.85. The highest BCUT2D eigenvalue weighted by Gasteiger charge is 2.02. The summed E-state index contributed by atoms with van der Waals surface area (Å²) in [4.78, 5) is 0. The van der Waals surface area contributed by atoms with Crippen molar-refractivity contribution in [1.29, 1.82) is 0 Å². The standard InChI is InChI=1S/C10H19N/c1-10(2,3)8-6-4-5-7-9-11/h4-5,7,9,11H2,1-3H3. The summed E-state index contributed by atoms with van der Waals surface area (Å²) in [5, 5.41) is 0. The van der Waals surface area contributed by atoms with E-state index in [4.69, 9.17) is 5.73 Å². The Morgan fingerprint density at radius 3 is 2.27 bits per heavy atom. The summed E-state index contributed by atoms with van der Waals surface area (Å²) < 4.78 is 0. The topological polar surface area (TPSA) is 26.0 Å². The second-order valence-corrected chi connectivity index (χ2v) is 3.80. The van der Waals surface area contributed by atoms with Gasteiger partial charge in [-0.05, 0) is 40.2 Å². The molecule has 0 saturated heterocycles. The molecule has 0 aliphatic heterocycles. The van der Waals surface area contributed by atoms with E-state index >= 15 is 0 Å². The van der Waals surface area contributed by atoms with Crippen LogP contribution in [0.4, 0.5) is 0 Å². The Labute approximate surface area is 70.4 Å². The summed E-state index contributed by atoms with van der Waals surface area (Å²) in [5.74, 6) is 6.34. The third-order valence-corrected chi connectivity index (χ3v) is 1.22. The Hall–Kier alpha value is -0.480. The van der Waals surface area contributed by atoms with Gasteiger partial charge in [0.05, 0.1) is 0 Å². The zero-order valence-corrected chi connectivity index (χ0v) is 7.91. The first-order chi connectivity index (χ1) is 5.06. The largest absolute Gasteiger partial charge is 0.330 e. The van der Waals surface area contributed by atoms with Crippen molar-refractivity contribution in [3.8, 4) is 11.8 Å². The molecular weight excluding hydrogens is 134 g/mol. The molecule has 0 bridgehead atoms. The highest BCUT2D eigenvalue weighted by Crippen LogP contribution is 2.10. The van der Waals surface area contributed by atoms with Gasteiger partial charge < -0.3 is 5.73 Å². The lowest BCUT2D eigenvalue weighted by Gasteiger charge is -2.06. The summed E-state index contributed by atoms with van der Waals surface area (Å²) in [6.45, 7) is 7.17. The van der Waals surface area contributed by atoms with Crippen molar-refractivity contribution in [2.24, 2.45) is 11.1 Å². The van der Waals surface area contributed by atoms with E-state index in [0.717, 1.165) is 25.8 Å². The maximum atomic E-state index is 5.35. The quantitative estimate of drug-likeness (QED) is 0.488. The Kier molecular flexibility index (Phi) is 4.98. The van der Waals surface area contributed by atoms with Gasteiger partial charge in [0.25, 0.3) is 0 Å². The number of rotatable bonds is 3. The van der Waals surface area contributed by atoms with Crippen LogP contribution in [0.5, 0.6) is 0 Å². The molecule has 0 aromatic carbocycles. The molecule has 0 atom stereocenters. The highest BCUT2D eigenvalue weighted by atomic mass is 14.5. The van der Waals surface area contributed by atoms with E-state index in [1.54, 1.807) is 0 Å². The monoisotopic (exact) mass is 153 g/mol. The van der Waals surface area contributed by atoms with Gasteiger partial charge in [0.1, 0.15) is 0 Å². The molecule has 0 aromatic rings. The van der Waals surface area contributed by atoms with Crippen LogP contribution in [-0.4, -0.2) is 6.54 Å². The van der Waals surface area contributed by atoms with Crippen molar-refractivity contribution in [1.82, 2.24) is 0 Å². The fourth-order valence-electron chi connectivity index (χ4n) is 0.685. The lowest BCUT2D eigenvalue weighted by molar-refractivity contribution is 0.569. The molecule has 0 saturated carbocycles. The number of hydrogen-bond donors (Lipinski definition) is 1. The SMILES string of the molecule is CC(C)(C)C#CCCCCN. The van der Waals surface area contributed by atoms with Crippen LogP contribution in [0.3, 0.4) is 0 Å². The molecule has 0 rings (SSSR count). The van der Waals surface area contributed by atoms with Crippen LogP contribution in [0, 0.1) is 17.3 Å². The van der Waals surface area contributed by atoms with Crippen LogP contribution in [0.15, 0.2) is 0 Å². The molecule has 2 N–H and O–H groups in total. The predicted molar refractivity (Wildman–Crippen MR) is 50.1 cm³/mol. The Balaban J connectivity index is 3.41. The van der Waals surface area contributed by atoms with E-state index < -0.39 is 0 Å². The van der Waals surface area contributed by atoms with Gasteiger partial charge in [-0.3, -0.25) is 0 Å². The van der Waals surface area contributed by atoms with Gasteiger partial charge in [-0.25, -0.2) is 0 Å². The maximum absolute atomic E-state index is 5.35. The third kappa shape index (κ3) is 9.52. The Morgan fingerprint density at radius 2 is 1.82 bits per heavy atom. The second kappa shape index (κ2) is 5.21. The van der Waals surface area contributed by atoms with Gasteiger partial charge in [0.2, 0.25) is 0 Å². The predicted octanol–water partition coefficient (Wildman–Crippen LogP) is 2.16. The average molecular weight is 153 g/mol. The van der Waals surface area contributed by atoms with Crippen LogP contribution < -0.4 is 5.73 Å². The summed E-state index contributed by atoms with van der Waals surface area (Å²) in [5.41, 5.74) is 5.50. The third-order valence-electron chi connectivity index (χ3n) is 1.22. The molecule has 0 unspecified atom stereocenters. The zero-order valence-electron chi connectivity index (χ0n) is 7.91. The summed E-state index contributed by atoms with van der Waals surface area (Å²) in [6, 6.07) is 0. The van der Waals surface area contributed by atoms with Gasteiger partial charge in [-0.2, -0.15) is 0 Å². The number of hydrogen-bond acceptors (Lipinski definition) is 1. The molecule has 0 aliphatic rings. The van der Waals surface area contributed by atoms with Gasteiger partial charge in [-0.1, -0.05) is 5.92 Å². The van der Waals surface area contributed by atoms with Gasteiger partial charge in [-0.15, -0.1) is 5.92 Å². The molecule has 0 aromatic heterocycles. The maximum Gasteiger partial charge on any atom is 0.0230 e. The second-order valence-electron chi connectivity index (χ2n) is 3.80. The van der Waals surface area contributed by atoms with Crippen molar-refractivity contribution >= 4 is 0 Å². The Morgan fingerprint density at radius 1 is 1.18 bits per heavy atom. The van der Waals surface area contributed by atoms with E-state index in [0.29, 0.717) is 0 Å². The fourth-order valence-corrected chi connectivity index (χ4v) is 0.685. The van der Waals surface area contributed by atoms with Crippen LogP contribution in [0.25, 0.3) is 0 Å². The van der Waals surface area contributed by atoms with E-state index in [2.05, 4.69) is 32.6 Å². The first kappa shape index (κ1) is 10.5. The first-order valence-electron chi connectivity index (χ1n) is 4.26. The molecule has 64 valence electrons. The highest BCUT2D eigenvalue weighted by molar-refractivity contribution is 5.06. The van der Waals surface area contributed by atoms with E-state index in [1.807, 2.05) is 0 Å². The van der Waals surface area contributed by atoms with Crippen molar-refractivity contribution < 1.29 is 0 Å². The molecule has 0 aliphatic carbocycles. The zero-order chi connectivity index (χ0) is 8.74. The van der Waals surface area contributed by atoms with E-state index in [-0.39, 0.29) is 5.41 Å². The van der Waals surface area contributed by atoms with Crippen molar-refractivity contribution in [2.45, 2.75) is 40.0 Å². The molecule has 0 heterocycles. The minimum atomic E-state index is 0.155. The van der Waals surface area contributed by atoms with Crippen molar-refractivity contribution in [3.63, 3.8) is 0 Å². The minimum Gasteiger partial charge on any atom is -0.330 e. The summed E-state index contributed by atoms with van der Waals surface area (Å²) in [7, 11) is 0. The molecule has 0 radical (unpaired) electrons. The number of unbranched alkanes of at least 4 members (excludes halogenated alkanes) is 2. The van der Waals surface area contributed by atoms with E-state index in [9.17, 15) is 0 Å². The summed E-state index contributed by atoms with van der Waals surface area (Å²) in [6.07, 6.45) is 3.23. The summed E-state index contributed by atoms with van der Waals surface area (Å²) >= 11 is 0. The van der Waals surface area contributed by atoms with Crippen molar-refractivity contribution in [3.05, 3.63) is 0 Å². The fraction of sp³-hybridized carbons (Fsp3) is 0.800. The smallest absolute Gasteiger partial charge is 0.0230 e. The van der Waals surface area contributed by atoms with Crippen LogP contribution in [0.2, 0.25) is 0 Å². The first-order valence-corrected chi connectivity index (χ1v) is 4.26. The molecule has 11 heavy (non-hydrogen) atoms. The van der Waals surface area contributed by atoms with Crippen LogP contribution in [-0.2, 0) is 0 Å². The Bertz CT molecular complexity index is 142. The van der Waals surface area contributed by atoms with Crippen LogP contribution >= 0.6 is 0 Å². The minimum absolute atomic E-state index is 0.155. The lowest BCUT2D eigenvalue weighted by atomic mass is 9.98.